The number of nitrogens with one attached hydrogen (secondary N) is 2. The molecule has 2 N–H and O–H groups in total. The van der Waals surface area contributed by atoms with Crippen LogP contribution in [-0.2, 0) is 11.3 Å². The highest BCUT2D eigenvalue weighted by Crippen LogP contribution is 2.27. The SMILES string of the molecule is COc1ccc(Cn2nc(C)c3cc(C(C)NC(=O)C4CCN(C(=O)c5cc(-c6cc(OC)ncc6F)[nH]n5)CC4)ccc32)cc1. The maximum Gasteiger partial charge on any atom is 0.274 e. The molecular weight excluding hydrogens is 589 g/mol. The predicted octanol–water partition coefficient (Wildman–Crippen LogP) is 5.06. The van der Waals surface area contributed by atoms with Crippen LogP contribution in [0.15, 0.2) is 60.8 Å². The number of methoxy groups -OCH3 is 2. The lowest BCUT2D eigenvalue weighted by molar-refractivity contribution is -0.127. The number of pyridine rings is 1. The van der Waals surface area contributed by atoms with Crippen molar-refractivity contribution in [3.05, 3.63) is 89.1 Å². The molecule has 2 amide bonds. The van der Waals surface area contributed by atoms with Gasteiger partial charge in [0.15, 0.2) is 11.5 Å². The predicted molar refractivity (Wildman–Crippen MR) is 170 cm³/mol. The molecule has 1 aliphatic heterocycles. The minimum absolute atomic E-state index is 0.0317. The molecule has 3 aromatic heterocycles. The molecule has 1 unspecified atom stereocenters. The lowest BCUT2D eigenvalue weighted by Crippen LogP contribution is -2.43. The maximum absolute atomic E-state index is 14.3. The van der Waals surface area contributed by atoms with Crippen molar-refractivity contribution in [2.24, 2.45) is 5.92 Å². The highest BCUT2D eigenvalue weighted by molar-refractivity contribution is 5.93. The first kappa shape index (κ1) is 30.8. The first-order valence-corrected chi connectivity index (χ1v) is 15.2. The number of benzene rings is 2. The number of hydrogen-bond acceptors (Lipinski definition) is 7. The zero-order valence-corrected chi connectivity index (χ0v) is 26.2. The second-order valence-electron chi connectivity index (χ2n) is 11.5. The summed E-state index contributed by atoms with van der Waals surface area (Å²) in [6.45, 7) is 5.45. The zero-order chi connectivity index (χ0) is 32.4. The van der Waals surface area contributed by atoms with Crippen LogP contribution in [-0.4, -0.2) is 69.0 Å². The monoisotopic (exact) mass is 625 g/mol. The second kappa shape index (κ2) is 13.0. The number of rotatable bonds is 9. The number of carbonyl (C=O) groups excluding carboxylic acids is 2. The molecule has 1 fully saturated rings. The van der Waals surface area contributed by atoms with Crippen molar-refractivity contribution in [1.29, 1.82) is 0 Å². The van der Waals surface area contributed by atoms with Gasteiger partial charge in [0.25, 0.3) is 5.91 Å². The van der Waals surface area contributed by atoms with Crippen LogP contribution in [0.5, 0.6) is 11.6 Å². The van der Waals surface area contributed by atoms with Gasteiger partial charge in [-0.3, -0.25) is 19.4 Å². The van der Waals surface area contributed by atoms with Crippen molar-refractivity contribution < 1.29 is 23.5 Å². The van der Waals surface area contributed by atoms with Gasteiger partial charge in [-0.05, 0) is 68.1 Å². The smallest absolute Gasteiger partial charge is 0.274 e. The summed E-state index contributed by atoms with van der Waals surface area (Å²) in [4.78, 5) is 31.9. The van der Waals surface area contributed by atoms with E-state index in [0.29, 0.717) is 38.2 Å². The fourth-order valence-electron chi connectivity index (χ4n) is 5.88. The summed E-state index contributed by atoms with van der Waals surface area (Å²) >= 11 is 0. The van der Waals surface area contributed by atoms with Crippen molar-refractivity contribution in [2.75, 3.05) is 27.3 Å². The van der Waals surface area contributed by atoms with E-state index in [1.807, 2.05) is 48.9 Å². The Hall–Kier alpha value is -5.26. The summed E-state index contributed by atoms with van der Waals surface area (Å²) in [5.74, 6) is -0.00321. The van der Waals surface area contributed by atoms with Gasteiger partial charge in [-0.25, -0.2) is 9.37 Å². The molecule has 5 aromatic rings. The van der Waals surface area contributed by atoms with E-state index in [9.17, 15) is 14.0 Å². The van der Waals surface area contributed by atoms with Gasteiger partial charge in [-0.1, -0.05) is 18.2 Å². The number of amides is 2. The first-order chi connectivity index (χ1) is 22.2. The molecule has 0 bridgehead atoms. The molecule has 1 aliphatic rings. The number of aromatic amines is 1. The van der Waals surface area contributed by atoms with E-state index in [2.05, 4.69) is 32.6 Å². The van der Waals surface area contributed by atoms with E-state index in [4.69, 9.17) is 14.6 Å². The van der Waals surface area contributed by atoms with Gasteiger partial charge in [-0.15, -0.1) is 0 Å². The number of carbonyl (C=O) groups is 2. The number of aryl methyl sites for hydroxylation is 1. The number of hydrogen-bond donors (Lipinski definition) is 2. The summed E-state index contributed by atoms with van der Waals surface area (Å²) < 4.78 is 26.7. The summed E-state index contributed by atoms with van der Waals surface area (Å²) in [6.07, 6.45) is 2.13. The maximum atomic E-state index is 14.3. The number of piperidine rings is 1. The fraction of sp³-hybridized carbons (Fsp3) is 0.324. The Labute approximate surface area is 265 Å². The highest BCUT2D eigenvalue weighted by Gasteiger charge is 2.30. The van der Waals surface area contributed by atoms with Crippen molar-refractivity contribution in [3.8, 4) is 22.9 Å². The van der Waals surface area contributed by atoms with Crippen molar-refractivity contribution in [3.63, 3.8) is 0 Å². The largest absolute Gasteiger partial charge is 0.497 e. The topological polar surface area (TPSA) is 127 Å². The fourth-order valence-corrected chi connectivity index (χ4v) is 5.88. The van der Waals surface area contributed by atoms with Gasteiger partial charge in [0.2, 0.25) is 11.8 Å². The molecule has 1 atom stereocenters. The molecule has 0 spiro atoms. The average molecular weight is 626 g/mol. The minimum atomic E-state index is -0.556. The van der Waals surface area contributed by atoms with Crippen LogP contribution in [0.3, 0.4) is 0 Å². The normalized spacial score (nSPS) is 14.3. The van der Waals surface area contributed by atoms with Crippen LogP contribution < -0.4 is 14.8 Å². The van der Waals surface area contributed by atoms with Crippen LogP contribution in [0.1, 0.15) is 53.1 Å². The average Bonchev–Trinajstić information content (AvgIpc) is 3.69. The molecule has 1 saturated heterocycles. The number of halogens is 1. The highest BCUT2D eigenvalue weighted by atomic mass is 19.1. The second-order valence-corrected chi connectivity index (χ2v) is 11.5. The number of aromatic nitrogens is 5. The third-order valence-corrected chi connectivity index (χ3v) is 8.59. The molecule has 0 radical (unpaired) electrons. The third-order valence-electron chi connectivity index (χ3n) is 8.59. The standard InChI is InChI=1S/C34H36FN7O4/c1-20(24-7-10-31-26(15-24)21(2)40-42(31)19-22-5-8-25(45-3)9-6-22)37-33(43)23-11-13-41(14-12-23)34(44)30-17-29(38-39-30)27-16-32(46-4)36-18-28(27)35/h5-10,15-18,20,23H,11-14,19H2,1-4H3,(H,37,43)(H,38,39). The first-order valence-electron chi connectivity index (χ1n) is 15.2. The number of H-pyrrole nitrogens is 1. The molecule has 6 rings (SSSR count). The van der Waals surface area contributed by atoms with Crippen LogP contribution in [0.25, 0.3) is 22.2 Å². The quantitative estimate of drug-likeness (QED) is 0.234. The van der Waals surface area contributed by atoms with Crippen molar-refractivity contribution >= 4 is 22.7 Å². The number of fused-ring (bicyclic) bond motifs is 1. The Balaban J connectivity index is 1.05. The number of ether oxygens (including phenoxy) is 2. The van der Waals surface area contributed by atoms with E-state index in [-0.39, 0.29) is 40.9 Å². The lowest BCUT2D eigenvalue weighted by Gasteiger charge is -2.31. The molecule has 4 heterocycles. The summed E-state index contributed by atoms with van der Waals surface area (Å²) in [5, 5.41) is 15.8. The Morgan fingerprint density at radius 2 is 1.83 bits per heavy atom. The van der Waals surface area contributed by atoms with Crippen molar-refractivity contribution in [1.82, 2.24) is 35.2 Å². The molecule has 0 saturated carbocycles. The Bertz CT molecular complexity index is 1880. The van der Waals surface area contributed by atoms with Crippen LogP contribution in [0.2, 0.25) is 0 Å². The molecule has 12 heteroatoms. The van der Waals surface area contributed by atoms with Gasteiger partial charge in [0.1, 0.15) is 5.75 Å². The summed E-state index contributed by atoms with van der Waals surface area (Å²) in [6, 6.07) is 16.9. The van der Waals surface area contributed by atoms with Crippen LogP contribution in [0.4, 0.5) is 4.39 Å². The van der Waals surface area contributed by atoms with E-state index in [0.717, 1.165) is 39.7 Å². The summed E-state index contributed by atoms with van der Waals surface area (Å²) in [7, 11) is 3.09. The van der Waals surface area contributed by atoms with E-state index < -0.39 is 5.82 Å². The van der Waals surface area contributed by atoms with Gasteiger partial charge >= 0.3 is 0 Å². The van der Waals surface area contributed by atoms with E-state index >= 15 is 0 Å². The van der Waals surface area contributed by atoms with Gasteiger partial charge in [0, 0.05) is 36.0 Å². The van der Waals surface area contributed by atoms with Crippen LogP contribution >= 0.6 is 0 Å². The van der Waals surface area contributed by atoms with Crippen LogP contribution in [0, 0.1) is 18.7 Å². The Kier molecular flexibility index (Phi) is 8.69. The Morgan fingerprint density at radius 1 is 1.07 bits per heavy atom. The van der Waals surface area contributed by atoms with Crippen molar-refractivity contribution in [2.45, 2.75) is 39.3 Å². The zero-order valence-electron chi connectivity index (χ0n) is 26.2. The summed E-state index contributed by atoms with van der Waals surface area (Å²) in [5.41, 5.74) is 4.82. The van der Waals surface area contributed by atoms with E-state index in [1.165, 1.54) is 19.2 Å². The molecular formula is C34H36FN7O4. The molecule has 46 heavy (non-hydrogen) atoms. The number of likely N-dealkylation sites (tertiary alicyclic amines) is 1. The number of nitrogens with zero attached hydrogens (tertiary/aromatic N) is 5. The molecule has 11 nitrogen and oxygen atoms in total. The molecule has 2 aromatic carbocycles. The van der Waals surface area contributed by atoms with E-state index in [1.54, 1.807) is 12.0 Å². The van der Waals surface area contributed by atoms with Gasteiger partial charge in [-0.2, -0.15) is 10.2 Å². The minimum Gasteiger partial charge on any atom is -0.497 e. The molecule has 0 aliphatic carbocycles. The molecule has 238 valence electrons. The van der Waals surface area contributed by atoms with Gasteiger partial charge in [0.05, 0.1) is 49.9 Å². The Morgan fingerprint density at radius 3 is 2.54 bits per heavy atom. The lowest BCUT2D eigenvalue weighted by atomic mass is 9.94. The third kappa shape index (κ3) is 6.28. The van der Waals surface area contributed by atoms with Gasteiger partial charge < -0.3 is 19.7 Å².